The van der Waals surface area contributed by atoms with E-state index in [1.54, 1.807) is 19.2 Å². The summed E-state index contributed by atoms with van der Waals surface area (Å²) in [6, 6.07) is 7.10. The molecule has 0 spiro atoms. The lowest BCUT2D eigenvalue weighted by Gasteiger charge is -2.21. The number of nitrogens with two attached hydrogens (primary N) is 1. The predicted octanol–water partition coefficient (Wildman–Crippen LogP) is 0.943. The minimum absolute atomic E-state index is 0.0828. The first-order chi connectivity index (χ1) is 7.84. The van der Waals surface area contributed by atoms with Gasteiger partial charge in [-0.1, -0.05) is 18.2 Å². The Morgan fingerprint density at radius 2 is 1.94 bits per heavy atom. The van der Waals surface area contributed by atoms with E-state index in [2.05, 4.69) is 4.72 Å². The molecule has 5 nitrogen and oxygen atoms in total. The first kappa shape index (κ1) is 14.0. The van der Waals surface area contributed by atoms with Gasteiger partial charge >= 0.3 is 0 Å². The molecule has 0 bridgehead atoms. The van der Waals surface area contributed by atoms with Gasteiger partial charge < -0.3 is 5.73 Å². The van der Waals surface area contributed by atoms with Gasteiger partial charge in [0.2, 0.25) is 0 Å². The molecule has 0 heterocycles. The van der Waals surface area contributed by atoms with Crippen LogP contribution in [0.15, 0.2) is 24.3 Å². The number of hydrogen-bond acceptors (Lipinski definition) is 3. The van der Waals surface area contributed by atoms with Gasteiger partial charge in [-0.2, -0.15) is 17.4 Å². The molecule has 0 radical (unpaired) electrons. The highest BCUT2D eigenvalue weighted by Crippen LogP contribution is 2.11. The summed E-state index contributed by atoms with van der Waals surface area (Å²) in [4.78, 5) is 0. The third-order valence-electron chi connectivity index (χ3n) is 2.61. The average Bonchev–Trinajstić information content (AvgIpc) is 2.27. The molecule has 0 aliphatic heterocycles. The third kappa shape index (κ3) is 3.69. The normalized spacial score (nSPS) is 12.3. The summed E-state index contributed by atoms with van der Waals surface area (Å²) < 4.78 is 27.5. The summed E-state index contributed by atoms with van der Waals surface area (Å²) in [6.07, 6.45) is 0. The van der Waals surface area contributed by atoms with Gasteiger partial charge in [0.25, 0.3) is 10.2 Å². The molecule has 1 rings (SSSR count). The number of benzene rings is 1. The minimum Gasteiger partial charge on any atom is -0.398 e. The van der Waals surface area contributed by atoms with Crippen molar-refractivity contribution in [2.45, 2.75) is 26.4 Å². The molecule has 6 heteroatoms. The zero-order valence-corrected chi connectivity index (χ0v) is 11.2. The highest BCUT2D eigenvalue weighted by atomic mass is 32.2. The average molecular weight is 257 g/mol. The van der Waals surface area contributed by atoms with Crippen LogP contribution in [-0.4, -0.2) is 25.8 Å². The molecule has 0 aliphatic rings. The Labute approximate surface area is 103 Å². The maximum atomic E-state index is 11.8. The van der Waals surface area contributed by atoms with Crippen molar-refractivity contribution < 1.29 is 8.42 Å². The second kappa shape index (κ2) is 5.48. The Morgan fingerprint density at radius 3 is 2.47 bits per heavy atom. The van der Waals surface area contributed by atoms with Gasteiger partial charge in [0.15, 0.2) is 0 Å². The summed E-state index contributed by atoms with van der Waals surface area (Å²) in [7, 11) is -1.90. The Kier molecular flexibility index (Phi) is 4.50. The SMILES string of the molecule is CC(C)N(C)S(=O)(=O)NCc1ccccc1N. The molecule has 0 fully saturated rings. The molecule has 0 unspecified atom stereocenters. The van der Waals surface area contributed by atoms with E-state index >= 15 is 0 Å². The van der Waals surface area contributed by atoms with Crippen LogP contribution >= 0.6 is 0 Å². The lowest BCUT2D eigenvalue weighted by Crippen LogP contribution is -2.41. The molecule has 0 saturated heterocycles. The number of para-hydroxylation sites is 1. The van der Waals surface area contributed by atoms with Gasteiger partial charge in [-0.15, -0.1) is 0 Å². The number of nitrogens with one attached hydrogen (secondary N) is 1. The smallest absolute Gasteiger partial charge is 0.279 e. The summed E-state index contributed by atoms with van der Waals surface area (Å²) in [5.74, 6) is 0. The molecule has 0 atom stereocenters. The van der Waals surface area contributed by atoms with Gasteiger partial charge in [0.05, 0.1) is 0 Å². The fourth-order valence-corrected chi connectivity index (χ4v) is 2.34. The van der Waals surface area contributed by atoms with Crippen molar-refractivity contribution in [3.05, 3.63) is 29.8 Å². The number of anilines is 1. The van der Waals surface area contributed by atoms with E-state index in [-0.39, 0.29) is 12.6 Å². The van der Waals surface area contributed by atoms with Gasteiger partial charge in [-0.25, -0.2) is 0 Å². The van der Waals surface area contributed by atoms with Crippen LogP contribution in [0.2, 0.25) is 0 Å². The van der Waals surface area contributed by atoms with Crippen molar-refractivity contribution in [3.63, 3.8) is 0 Å². The topological polar surface area (TPSA) is 75.4 Å². The van der Waals surface area contributed by atoms with Crippen molar-refractivity contribution in [3.8, 4) is 0 Å². The van der Waals surface area contributed by atoms with Crippen LogP contribution in [0, 0.1) is 0 Å². The van der Waals surface area contributed by atoms with Crippen LogP contribution in [0.1, 0.15) is 19.4 Å². The van der Waals surface area contributed by atoms with Crippen molar-refractivity contribution in [2.24, 2.45) is 0 Å². The number of nitrogens with zero attached hydrogens (tertiary/aromatic N) is 1. The zero-order chi connectivity index (χ0) is 13.1. The number of hydrogen-bond donors (Lipinski definition) is 2. The Balaban J connectivity index is 2.72. The Bertz CT molecular complexity index is 471. The zero-order valence-electron chi connectivity index (χ0n) is 10.3. The monoisotopic (exact) mass is 257 g/mol. The molecule has 0 saturated carbocycles. The first-order valence-electron chi connectivity index (χ1n) is 5.40. The quantitative estimate of drug-likeness (QED) is 0.771. The van der Waals surface area contributed by atoms with E-state index in [1.807, 2.05) is 26.0 Å². The summed E-state index contributed by atoms with van der Waals surface area (Å²) in [5, 5.41) is 0. The lowest BCUT2D eigenvalue weighted by atomic mass is 10.2. The van der Waals surface area contributed by atoms with Crippen LogP contribution in [0.3, 0.4) is 0 Å². The van der Waals surface area contributed by atoms with Crippen LogP contribution in [0.5, 0.6) is 0 Å². The number of nitrogen functional groups attached to an aromatic ring is 1. The van der Waals surface area contributed by atoms with E-state index in [4.69, 9.17) is 5.73 Å². The Hall–Kier alpha value is -1.11. The fourth-order valence-electron chi connectivity index (χ4n) is 1.24. The van der Waals surface area contributed by atoms with Crippen LogP contribution in [0.25, 0.3) is 0 Å². The van der Waals surface area contributed by atoms with E-state index < -0.39 is 10.2 Å². The largest absolute Gasteiger partial charge is 0.398 e. The third-order valence-corrected chi connectivity index (χ3v) is 4.30. The minimum atomic E-state index is -3.45. The molecular weight excluding hydrogens is 238 g/mol. The highest BCUT2D eigenvalue weighted by Gasteiger charge is 2.19. The molecule has 1 aromatic carbocycles. The first-order valence-corrected chi connectivity index (χ1v) is 6.84. The van der Waals surface area contributed by atoms with Crippen molar-refractivity contribution in [2.75, 3.05) is 12.8 Å². The molecule has 0 aromatic heterocycles. The molecular formula is C11H19N3O2S. The predicted molar refractivity (Wildman–Crippen MR) is 69.5 cm³/mol. The van der Waals surface area contributed by atoms with Crippen LogP contribution < -0.4 is 10.5 Å². The van der Waals surface area contributed by atoms with Gasteiger partial charge in [-0.05, 0) is 25.5 Å². The maximum absolute atomic E-state index is 11.8. The van der Waals surface area contributed by atoms with Crippen molar-refractivity contribution >= 4 is 15.9 Å². The summed E-state index contributed by atoms with van der Waals surface area (Å²) in [5.41, 5.74) is 7.09. The molecule has 0 aliphatic carbocycles. The molecule has 1 aromatic rings. The highest BCUT2D eigenvalue weighted by molar-refractivity contribution is 7.87. The second-order valence-electron chi connectivity index (χ2n) is 4.13. The molecule has 96 valence electrons. The van der Waals surface area contributed by atoms with E-state index in [9.17, 15) is 8.42 Å². The van der Waals surface area contributed by atoms with Crippen LogP contribution in [0.4, 0.5) is 5.69 Å². The molecule has 3 N–H and O–H groups in total. The van der Waals surface area contributed by atoms with Gasteiger partial charge in [-0.3, -0.25) is 0 Å². The number of rotatable bonds is 5. The van der Waals surface area contributed by atoms with E-state index in [0.717, 1.165) is 5.56 Å². The van der Waals surface area contributed by atoms with Gasteiger partial charge in [0.1, 0.15) is 0 Å². The van der Waals surface area contributed by atoms with E-state index in [1.165, 1.54) is 4.31 Å². The van der Waals surface area contributed by atoms with Crippen LogP contribution in [-0.2, 0) is 16.8 Å². The lowest BCUT2D eigenvalue weighted by molar-refractivity contribution is 0.402. The summed E-state index contributed by atoms with van der Waals surface area (Å²) >= 11 is 0. The molecule has 0 amide bonds. The maximum Gasteiger partial charge on any atom is 0.279 e. The Morgan fingerprint density at radius 1 is 1.35 bits per heavy atom. The van der Waals surface area contributed by atoms with Crippen molar-refractivity contribution in [1.82, 2.24) is 9.03 Å². The standard InChI is InChI=1S/C11H19N3O2S/c1-9(2)14(3)17(15,16)13-8-10-6-4-5-7-11(10)12/h4-7,9,13H,8,12H2,1-3H3. The molecule has 17 heavy (non-hydrogen) atoms. The van der Waals surface area contributed by atoms with Crippen molar-refractivity contribution in [1.29, 1.82) is 0 Å². The fraction of sp³-hybridized carbons (Fsp3) is 0.455. The summed E-state index contributed by atoms with van der Waals surface area (Å²) in [6.45, 7) is 3.83. The van der Waals surface area contributed by atoms with Gasteiger partial charge in [0, 0.05) is 25.3 Å². The second-order valence-corrected chi connectivity index (χ2v) is 5.95. The van der Waals surface area contributed by atoms with E-state index in [0.29, 0.717) is 5.69 Å².